The van der Waals surface area contributed by atoms with Gasteiger partial charge in [-0.15, -0.1) is 0 Å². The first-order valence-electron chi connectivity index (χ1n) is 6.85. The van der Waals surface area contributed by atoms with Crippen molar-refractivity contribution in [3.63, 3.8) is 0 Å². The molecule has 3 rings (SSSR count). The number of rotatable bonds is 1. The van der Waals surface area contributed by atoms with E-state index in [2.05, 4.69) is 0 Å². The second kappa shape index (κ2) is 5.84. The number of hydrogen-bond acceptors (Lipinski definition) is 3. The predicted molar refractivity (Wildman–Crippen MR) is 87.2 cm³/mol. The van der Waals surface area contributed by atoms with Gasteiger partial charge in [0.25, 0.3) is 11.8 Å². The van der Waals surface area contributed by atoms with E-state index >= 15 is 0 Å². The third-order valence-electron chi connectivity index (χ3n) is 4.25. The van der Waals surface area contributed by atoms with Gasteiger partial charge in [0.05, 0.1) is 37.3 Å². The fourth-order valence-electron chi connectivity index (χ4n) is 3.13. The Balaban J connectivity index is 2.13. The van der Waals surface area contributed by atoms with Gasteiger partial charge in [-0.1, -0.05) is 59.2 Å². The molecule has 1 aromatic rings. The molecule has 2 aliphatic rings. The van der Waals surface area contributed by atoms with Crippen molar-refractivity contribution in [2.75, 3.05) is 0 Å². The maximum absolute atomic E-state index is 12.7. The molecule has 0 unspecified atom stereocenters. The number of nitrogens with two attached hydrogens (primary N) is 1. The number of carbonyl (C=O) groups excluding carboxylic acids is 2. The molecule has 1 saturated carbocycles. The van der Waals surface area contributed by atoms with Gasteiger partial charge < -0.3 is 5.73 Å². The first-order chi connectivity index (χ1) is 10.4. The quantitative estimate of drug-likeness (QED) is 0.451. The molecule has 1 heterocycles. The summed E-state index contributed by atoms with van der Waals surface area (Å²) in [6.45, 7) is 0. The van der Waals surface area contributed by atoms with Crippen LogP contribution in [0.5, 0.6) is 0 Å². The lowest BCUT2D eigenvalue weighted by atomic mass is 9.90. The summed E-state index contributed by atoms with van der Waals surface area (Å²) in [6, 6.07) is -0.606. The normalized spacial score (nSPS) is 24.9. The number of imide groups is 1. The molecule has 118 valence electrons. The topological polar surface area (TPSA) is 63.4 Å². The van der Waals surface area contributed by atoms with Gasteiger partial charge in [-0.05, 0) is 12.8 Å². The summed E-state index contributed by atoms with van der Waals surface area (Å²) < 4.78 is 0. The van der Waals surface area contributed by atoms with Crippen molar-refractivity contribution >= 4 is 58.2 Å². The summed E-state index contributed by atoms with van der Waals surface area (Å²) in [5.41, 5.74) is 6.12. The Morgan fingerprint density at radius 1 is 0.818 bits per heavy atom. The van der Waals surface area contributed by atoms with E-state index in [1.54, 1.807) is 0 Å². The van der Waals surface area contributed by atoms with E-state index in [4.69, 9.17) is 52.1 Å². The number of benzene rings is 1. The summed E-state index contributed by atoms with van der Waals surface area (Å²) in [4.78, 5) is 26.6. The van der Waals surface area contributed by atoms with E-state index < -0.39 is 11.8 Å². The Hall–Kier alpha value is -0.520. The third-order valence-corrected chi connectivity index (χ3v) is 6.05. The highest BCUT2D eigenvalue weighted by Gasteiger charge is 2.46. The van der Waals surface area contributed by atoms with Crippen molar-refractivity contribution in [1.29, 1.82) is 0 Å². The lowest BCUT2D eigenvalue weighted by molar-refractivity contribution is 0.0526. The van der Waals surface area contributed by atoms with Gasteiger partial charge in [-0.3, -0.25) is 14.5 Å². The van der Waals surface area contributed by atoms with Gasteiger partial charge in [0.15, 0.2) is 0 Å². The van der Waals surface area contributed by atoms with Gasteiger partial charge in [0, 0.05) is 6.04 Å². The molecule has 2 N–H and O–H groups in total. The smallest absolute Gasteiger partial charge is 0.263 e. The zero-order valence-corrected chi connectivity index (χ0v) is 14.4. The van der Waals surface area contributed by atoms with E-state index in [1.165, 1.54) is 4.90 Å². The highest BCUT2D eigenvalue weighted by Crippen LogP contribution is 2.45. The van der Waals surface area contributed by atoms with Crippen molar-refractivity contribution in [3.8, 4) is 0 Å². The Morgan fingerprint density at radius 2 is 1.27 bits per heavy atom. The zero-order chi connectivity index (χ0) is 16.2. The highest BCUT2D eigenvalue weighted by atomic mass is 35.5. The Bertz CT molecular complexity index is 645. The van der Waals surface area contributed by atoms with Crippen LogP contribution in [-0.2, 0) is 0 Å². The maximum atomic E-state index is 12.7. The number of amides is 2. The van der Waals surface area contributed by atoms with Crippen LogP contribution in [0.15, 0.2) is 0 Å². The van der Waals surface area contributed by atoms with E-state index in [-0.39, 0.29) is 43.3 Å². The van der Waals surface area contributed by atoms with Crippen LogP contribution < -0.4 is 5.73 Å². The third kappa shape index (κ3) is 2.24. The standard InChI is InChI=1S/C14H12Cl4N2O2/c15-9-7-8(10(16)12(18)11(9)17)14(22)20(13(7)21)6-4-2-1-3-5(6)19/h5-6H,1-4,19H2/t5-,6-/m1/s1. The van der Waals surface area contributed by atoms with Crippen molar-refractivity contribution < 1.29 is 9.59 Å². The van der Waals surface area contributed by atoms with E-state index in [0.29, 0.717) is 6.42 Å². The van der Waals surface area contributed by atoms with Crippen molar-refractivity contribution in [2.45, 2.75) is 37.8 Å². The van der Waals surface area contributed by atoms with E-state index in [9.17, 15) is 9.59 Å². The zero-order valence-electron chi connectivity index (χ0n) is 11.3. The van der Waals surface area contributed by atoms with Crippen LogP contribution in [0.3, 0.4) is 0 Å². The molecule has 1 aromatic carbocycles. The Kier molecular flexibility index (Phi) is 4.34. The number of nitrogens with zero attached hydrogens (tertiary/aromatic N) is 1. The van der Waals surface area contributed by atoms with E-state index in [0.717, 1.165) is 19.3 Å². The second-order valence-corrected chi connectivity index (χ2v) is 7.01. The summed E-state index contributed by atoms with van der Waals surface area (Å²) in [5, 5.41) is -0.140. The molecule has 22 heavy (non-hydrogen) atoms. The molecule has 4 nitrogen and oxygen atoms in total. The summed E-state index contributed by atoms with van der Waals surface area (Å²) in [6.07, 6.45) is 3.33. The molecule has 0 aromatic heterocycles. The molecule has 2 atom stereocenters. The highest BCUT2D eigenvalue weighted by molar-refractivity contribution is 6.55. The molecule has 0 radical (unpaired) electrons. The van der Waals surface area contributed by atoms with Gasteiger partial charge in [-0.2, -0.15) is 0 Å². The molecule has 1 aliphatic carbocycles. The number of carbonyl (C=O) groups is 2. The van der Waals surface area contributed by atoms with Crippen LogP contribution >= 0.6 is 46.4 Å². The van der Waals surface area contributed by atoms with Crippen LogP contribution in [0.4, 0.5) is 0 Å². The van der Waals surface area contributed by atoms with Gasteiger partial charge in [0.1, 0.15) is 0 Å². The monoisotopic (exact) mass is 380 g/mol. The van der Waals surface area contributed by atoms with Crippen LogP contribution in [0.25, 0.3) is 0 Å². The first kappa shape index (κ1) is 16.3. The molecular weight excluding hydrogens is 370 g/mol. The van der Waals surface area contributed by atoms with Crippen LogP contribution in [-0.4, -0.2) is 28.8 Å². The molecule has 0 spiro atoms. The molecule has 0 saturated heterocycles. The number of fused-ring (bicyclic) bond motifs is 1. The number of hydrogen-bond donors (Lipinski definition) is 1. The summed E-state index contributed by atoms with van der Waals surface area (Å²) in [5.74, 6) is -1.01. The van der Waals surface area contributed by atoms with Gasteiger partial charge in [0.2, 0.25) is 0 Å². The van der Waals surface area contributed by atoms with Gasteiger partial charge in [-0.25, -0.2) is 0 Å². The average molecular weight is 382 g/mol. The summed E-state index contributed by atoms with van der Waals surface area (Å²) in [7, 11) is 0. The summed E-state index contributed by atoms with van der Waals surface area (Å²) >= 11 is 24.2. The largest absolute Gasteiger partial charge is 0.326 e. The maximum Gasteiger partial charge on any atom is 0.263 e. The van der Waals surface area contributed by atoms with Crippen LogP contribution in [0.1, 0.15) is 46.4 Å². The lowest BCUT2D eigenvalue weighted by Gasteiger charge is -2.34. The van der Waals surface area contributed by atoms with Crippen LogP contribution in [0.2, 0.25) is 20.1 Å². The van der Waals surface area contributed by atoms with Gasteiger partial charge >= 0.3 is 0 Å². The predicted octanol–water partition coefficient (Wildman–Crippen LogP) is 4.17. The molecular formula is C14H12Cl4N2O2. The van der Waals surface area contributed by atoms with Crippen molar-refractivity contribution in [2.24, 2.45) is 5.73 Å². The van der Waals surface area contributed by atoms with E-state index in [1.807, 2.05) is 0 Å². The first-order valence-corrected chi connectivity index (χ1v) is 8.36. The minimum Gasteiger partial charge on any atom is -0.326 e. The average Bonchev–Trinajstić information content (AvgIpc) is 2.75. The molecule has 2 amide bonds. The molecule has 1 fully saturated rings. The second-order valence-electron chi connectivity index (χ2n) is 5.50. The minimum atomic E-state index is -0.507. The fraction of sp³-hybridized carbons (Fsp3) is 0.429. The molecule has 1 aliphatic heterocycles. The van der Waals surface area contributed by atoms with Crippen molar-refractivity contribution in [1.82, 2.24) is 4.90 Å². The Labute approximate surface area is 147 Å². The van der Waals surface area contributed by atoms with Crippen molar-refractivity contribution in [3.05, 3.63) is 31.2 Å². The Morgan fingerprint density at radius 3 is 1.73 bits per heavy atom. The number of halogens is 4. The lowest BCUT2D eigenvalue weighted by Crippen LogP contribution is -2.51. The molecule has 8 heteroatoms. The SMILES string of the molecule is N[C@@H]1CCCC[C@H]1N1C(=O)c2c(Cl)c(Cl)c(Cl)c(Cl)c2C1=O. The fourth-order valence-corrected chi connectivity index (χ4v) is 4.14. The molecule has 0 bridgehead atoms. The minimum absolute atomic E-state index is 0.0174. The van der Waals surface area contributed by atoms with Crippen LogP contribution in [0, 0.1) is 0 Å².